The molecule has 25 heavy (non-hydrogen) atoms. The highest BCUT2D eigenvalue weighted by molar-refractivity contribution is 7.99. The summed E-state index contributed by atoms with van der Waals surface area (Å²) >= 11 is 0.994. The molecule has 0 amide bonds. The van der Waals surface area contributed by atoms with Crippen LogP contribution in [0.4, 0.5) is 13.2 Å². The summed E-state index contributed by atoms with van der Waals surface area (Å²) in [5.74, 6) is 0. The number of rotatable bonds is 3. The van der Waals surface area contributed by atoms with E-state index in [4.69, 9.17) is 0 Å². The largest absolute Gasteiger partial charge is 0.417 e. The SMILES string of the molecule is CSNn1c(=O)[nH]c2cc(C(F)(F)F)c(-c3ccnnc3)cc2c1=O. The number of hydrogen-bond donors (Lipinski definition) is 2. The number of H-pyrrole nitrogens is 1. The van der Waals surface area contributed by atoms with Crippen LogP contribution in [0.25, 0.3) is 22.0 Å². The standard InChI is InChI=1S/C14H10F3N5O2S/c1-25-21-22-12(23)9-4-8(7-2-3-18-19-6-7)10(14(15,16)17)5-11(9)20-13(22)24/h2-6,21H,1H3,(H,20,24). The molecule has 3 rings (SSSR count). The lowest BCUT2D eigenvalue weighted by molar-refractivity contribution is -0.137. The highest BCUT2D eigenvalue weighted by Gasteiger charge is 2.34. The molecule has 2 heterocycles. The number of fused-ring (bicyclic) bond motifs is 1. The lowest BCUT2D eigenvalue weighted by Crippen LogP contribution is -2.39. The van der Waals surface area contributed by atoms with Gasteiger partial charge >= 0.3 is 11.9 Å². The summed E-state index contributed by atoms with van der Waals surface area (Å²) in [7, 11) is 0. The van der Waals surface area contributed by atoms with E-state index in [1.54, 1.807) is 6.26 Å². The molecule has 0 aliphatic rings. The summed E-state index contributed by atoms with van der Waals surface area (Å²) in [5, 5.41) is 7.04. The van der Waals surface area contributed by atoms with Gasteiger partial charge in [-0.1, -0.05) is 0 Å². The quantitative estimate of drug-likeness (QED) is 0.686. The van der Waals surface area contributed by atoms with Crippen LogP contribution in [-0.2, 0) is 6.18 Å². The molecule has 0 spiro atoms. The molecule has 7 nitrogen and oxygen atoms in total. The van der Waals surface area contributed by atoms with E-state index in [0.717, 1.165) is 24.1 Å². The zero-order valence-corrected chi connectivity index (χ0v) is 13.4. The molecule has 0 fully saturated rings. The second-order valence-corrected chi connectivity index (χ2v) is 5.53. The summed E-state index contributed by atoms with van der Waals surface area (Å²) < 4.78 is 41.0. The summed E-state index contributed by atoms with van der Waals surface area (Å²) in [6, 6.07) is 3.19. The van der Waals surface area contributed by atoms with Crippen LogP contribution >= 0.6 is 11.9 Å². The fourth-order valence-corrected chi connectivity index (χ4v) is 2.71. The Morgan fingerprint density at radius 3 is 2.60 bits per heavy atom. The van der Waals surface area contributed by atoms with Crippen LogP contribution in [0.2, 0.25) is 0 Å². The normalized spacial score (nSPS) is 11.7. The van der Waals surface area contributed by atoms with Gasteiger partial charge < -0.3 is 4.98 Å². The molecular formula is C14H10F3N5O2S. The van der Waals surface area contributed by atoms with Crippen LogP contribution in [0, 0.1) is 0 Å². The summed E-state index contributed by atoms with van der Waals surface area (Å²) in [4.78, 5) is 29.1. The first-order valence-electron chi connectivity index (χ1n) is 6.79. The number of aromatic amines is 1. The molecule has 130 valence electrons. The number of benzene rings is 1. The van der Waals surface area contributed by atoms with E-state index in [9.17, 15) is 22.8 Å². The Labute approximate surface area is 142 Å². The van der Waals surface area contributed by atoms with Crippen molar-refractivity contribution < 1.29 is 13.2 Å². The van der Waals surface area contributed by atoms with E-state index >= 15 is 0 Å². The van der Waals surface area contributed by atoms with Gasteiger partial charge in [-0.25, -0.2) is 4.79 Å². The van der Waals surface area contributed by atoms with E-state index < -0.39 is 23.0 Å². The molecule has 0 aliphatic carbocycles. The summed E-state index contributed by atoms with van der Waals surface area (Å²) in [6.07, 6.45) is -0.673. The molecule has 0 saturated carbocycles. The van der Waals surface area contributed by atoms with E-state index in [2.05, 4.69) is 20.0 Å². The van der Waals surface area contributed by atoms with Gasteiger partial charge in [0, 0.05) is 11.8 Å². The first-order chi connectivity index (χ1) is 11.8. The fourth-order valence-electron chi connectivity index (χ4n) is 2.36. The molecular weight excluding hydrogens is 359 g/mol. The van der Waals surface area contributed by atoms with Gasteiger partial charge in [0.15, 0.2) is 0 Å². The predicted molar refractivity (Wildman–Crippen MR) is 87.7 cm³/mol. The molecule has 2 aromatic heterocycles. The molecule has 0 saturated heterocycles. The topological polar surface area (TPSA) is 92.7 Å². The van der Waals surface area contributed by atoms with Crippen molar-refractivity contribution in [2.75, 3.05) is 11.1 Å². The summed E-state index contributed by atoms with van der Waals surface area (Å²) in [6.45, 7) is 0. The maximum atomic E-state index is 13.4. The first-order valence-corrected chi connectivity index (χ1v) is 8.01. The Morgan fingerprint density at radius 2 is 2.00 bits per heavy atom. The van der Waals surface area contributed by atoms with Crippen molar-refractivity contribution in [3.05, 3.63) is 57.0 Å². The Hall–Kier alpha value is -2.82. The van der Waals surface area contributed by atoms with E-state index in [-0.39, 0.29) is 22.0 Å². The van der Waals surface area contributed by atoms with Crippen molar-refractivity contribution in [2.24, 2.45) is 0 Å². The molecule has 0 aliphatic heterocycles. The molecule has 2 N–H and O–H groups in total. The van der Waals surface area contributed by atoms with Crippen LogP contribution in [0.5, 0.6) is 0 Å². The molecule has 0 bridgehead atoms. The molecule has 11 heteroatoms. The van der Waals surface area contributed by atoms with Gasteiger partial charge in [0.05, 0.1) is 28.9 Å². The molecule has 0 atom stereocenters. The van der Waals surface area contributed by atoms with Crippen molar-refractivity contribution in [1.29, 1.82) is 0 Å². The van der Waals surface area contributed by atoms with Crippen LogP contribution in [0.3, 0.4) is 0 Å². The smallest absolute Gasteiger partial charge is 0.305 e. The van der Waals surface area contributed by atoms with Gasteiger partial charge in [-0.15, -0.1) is 0 Å². The lowest BCUT2D eigenvalue weighted by atomic mass is 9.98. The van der Waals surface area contributed by atoms with Crippen molar-refractivity contribution in [3.8, 4) is 11.1 Å². The van der Waals surface area contributed by atoms with Crippen LogP contribution in [-0.4, -0.2) is 26.1 Å². The van der Waals surface area contributed by atoms with Crippen molar-refractivity contribution in [1.82, 2.24) is 19.9 Å². The Bertz CT molecular complexity index is 1050. The minimum atomic E-state index is -4.68. The van der Waals surface area contributed by atoms with Gasteiger partial charge in [0.1, 0.15) is 0 Å². The van der Waals surface area contributed by atoms with Crippen LogP contribution in [0.1, 0.15) is 5.56 Å². The highest BCUT2D eigenvalue weighted by Crippen LogP contribution is 2.38. The van der Waals surface area contributed by atoms with Crippen LogP contribution < -0.4 is 16.1 Å². The molecule has 0 radical (unpaired) electrons. The van der Waals surface area contributed by atoms with E-state index in [0.29, 0.717) is 4.68 Å². The van der Waals surface area contributed by atoms with Gasteiger partial charge in [-0.3, -0.25) is 9.63 Å². The number of hydrogen-bond acceptors (Lipinski definition) is 6. The zero-order valence-electron chi connectivity index (χ0n) is 12.6. The predicted octanol–water partition coefficient (Wildman–Crippen LogP) is 1.99. The third-order valence-electron chi connectivity index (χ3n) is 3.42. The van der Waals surface area contributed by atoms with Crippen LogP contribution in [0.15, 0.2) is 40.2 Å². The number of nitrogens with zero attached hydrogens (tertiary/aromatic N) is 3. The third kappa shape index (κ3) is 3.09. The number of aromatic nitrogens is 4. The Balaban J connectivity index is 2.41. The highest BCUT2D eigenvalue weighted by atomic mass is 32.2. The van der Waals surface area contributed by atoms with Crippen molar-refractivity contribution in [3.63, 3.8) is 0 Å². The Kier molecular flexibility index (Phi) is 4.25. The van der Waals surface area contributed by atoms with Crippen molar-refractivity contribution in [2.45, 2.75) is 6.18 Å². The number of nitrogens with one attached hydrogen (secondary N) is 2. The van der Waals surface area contributed by atoms with Gasteiger partial charge in [-0.05, 0) is 35.7 Å². The minimum absolute atomic E-state index is 0.0686. The average molecular weight is 369 g/mol. The van der Waals surface area contributed by atoms with Crippen molar-refractivity contribution >= 4 is 22.9 Å². The van der Waals surface area contributed by atoms with E-state index in [1.165, 1.54) is 18.5 Å². The number of alkyl halides is 3. The molecule has 1 aromatic carbocycles. The zero-order chi connectivity index (χ0) is 18.2. The minimum Gasteiger partial charge on any atom is -0.305 e. The third-order valence-corrected chi connectivity index (χ3v) is 3.78. The van der Waals surface area contributed by atoms with Gasteiger partial charge in [-0.2, -0.15) is 28.0 Å². The second-order valence-electron chi connectivity index (χ2n) is 4.94. The maximum absolute atomic E-state index is 13.4. The molecule has 0 unspecified atom stereocenters. The maximum Gasteiger partial charge on any atom is 0.417 e. The number of halogens is 3. The first kappa shape index (κ1) is 17.0. The van der Waals surface area contributed by atoms with Gasteiger partial charge in [0.2, 0.25) is 0 Å². The monoisotopic (exact) mass is 369 g/mol. The fraction of sp³-hybridized carbons (Fsp3) is 0.143. The Morgan fingerprint density at radius 1 is 1.24 bits per heavy atom. The molecule has 3 aromatic rings. The second kappa shape index (κ2) is 6.24. The lowest BCUT2D eigenvalue weighted by Gasteiger charge is -2.14. The summed E-state index contributed by atoms with van der Waals surface area (Å²) in [5.41, 5.74) is -2.89. The average Bonchev–Trinajstić information content (AvgIpc) is 2.57. The van der Waals surface area contributed by atoms with Gasteiger partial charge in [0.25, 0.3) is 5.56 Å². The van der Waals surface area contributed by atoms with E-state index in [1.807, 2.05) is 0 Å².